The van der Waals surface area contributed by atoms with Crippen molar-refractivity contribution < 1.29 is 0 Å². The highest BCUT2D eigenvalue weighted by atomic mass is 32.1. The van der Waals surface area contributed by atoms with Crippen molar-refractivity contribution in [1.29, 1.82) is 0 Å². The summed E-state index contributed by atoms with van der Waals surface area (Å²) in [5.74, 6) is 3.97. The number of unbranched alkanes of at least 4 members (excludes halogenated alkanes) is 5. The standard InChI is InChI=1S/C79H114S4/c1-17-28-33-54(22-6)48-78(49-55(23-7)34-29-18-2)64-38-58-40-70(71-46-72-73(81-71)47-75(83-72)77(26-10,27-11)53(14)15)80-68(58)44-62(64)60-42-67-61(43-66(60)78)63-45-69-59(41-74(82-69)76(16,52(12)13)37-32-21-5)39-65(63)79(67,50-56(24-8)35-30-19-3)51-57(25-9)36-31-20-4/h38-47,52-57H,17-37,48-51H2,1-16H3. The molecule has 9 rings (SSSR count). The molecule has 0 fully saturated rings. The molecule has 2 aliphatic carbocycles. The lowest BCUT2D eigenvalue weighted by Crippen LogP contribution is -2.32. The second-order valence-corrected chi connectivity index (χ2v) is 32.7. The van der Waals surface area contributed by atoms with Crippen molar-refractivity contribution in [2.75, 3.05) is 0 Å². The molecule has 3 aromatic carbocycles. The molecule has 4 heteroatoms. The quantitative estimate of drug-likeness (QED) is 0.0377. The Labute approximate surface area is 524 Å². The molecule has 83 heavy (non-hydrogen) atoms. The lowest BCUT2D eigenvalue weighted by molar-refractivity contribution is 0.264. The summed E-state index contributed by atoms with van der Waals surface area (Å²) in [5, 5.41) is 2.98. The van der Waals surface area contributed by atoms with Gasteiger partial charge in [0.15, 0.2) is 0 Å². The topological polar surface area (TPSA) is 0 Å². The second kappa shape index (κ2) is 27.7. The maximum absolute atomic E-state index is 2.95. The Morgan fingerprint density at radius 2 is 0.747 bits per heavy atom. The molecule has 7 aromatic rings. The van der Waals surface area contributed by atoms with Crippen LogP contribution in [-0.4, -0.2) is 0 Å². The predicted octanol–water partition coefficient (Wildman–Crippen LogP) is 27.8. The van der Waals surface area contributed by atoms with Crippen molar-refractivity contribution in [2.45, 2.75) is 293 Å². The molecule has 5 unspecified atom stereocenters. The number of hydrogen-bond donors (Lipinski definition) is 0. The van der Waals surface area contributed by atoms with Crippen LogP contribution in [0.1, 0.15) is 303 Å². The molecule has 4 heterocycles. The van der Waals surface area contributed by atoms with E-state index in [2.05, 4.69) is 205 Å². The van der Waals surface area contributed by atoms with Crippen molar-refractivity contribution in [2.24, 2.45) is 35.5 Å². The zero-order valence-electron chi connectivity index (χ0n) is 55.5. The predicted molar refractivity (Wildman–Crippen MR) is 379 cm³/mol. The number of thiophene rings is 4. The third kappa shape index (κ3) is 12.3. The molecule has 0 bridgehead atoms. The van der Waals surface area contributed by atoms with E-state index < -0.39 is 0 Å². The van der Waals surface area contributed by atoms with Crippen molar-refractivity contribution in [3.05, 3.63) is 92.7 Å². The third-order valence-corrected chi connectivity index (χ3v) is 28.2. The van der Waals surface area contributed by atoms with Crippen LogP contribution in [0.15, 0.2) is 60.7 Å². The van der Waals surface area contributed by atoms with Gasteiger partial charge in [-0.3, -0.25) is 0 Å². The normalized spacial score (nSPS) is 19.1. The van der Waals surface area contributed by atoms with E-state index in [0.717, 1.165) is 0 Å². The monoisotopic (exact) mass is 1190 g/mol. The SMILES string of the molecule is CCCCC(CC)CC1(CC(CC)CCCC)c2cc3c(cc2-c2cc4sc(-c5cc6sc(C(CC)(CC)C(C)C)cc6s5)cc4cc21)C(CC(CC)CCCC)(CC(CC)CCCC)c1cc2cc(C(C)(CCCC)C(C)C)sc2cc1-3. The van der Waals surface area contributed by atoms with Gasteiger partial charge in [0.05, 0.1) is 0 Å². The first-order chi connectivity index (χ1) is 40.0. The molecule has 5 atom stereocenters. The lowest BCUT2D eigenvalue weighted by Gasteiger charge is -2.40. The molecule has 0 spiro atoms. The average molecular weight is 1190 g/mol. The van der Waals surface area contributed by atoms with Crippen LogP contribution < -0.4 is 0 Å². The molecule has 4 aromatic heterocycles. The molecule has 454 valence electrons. The van der Waals surface area contributed by atoms with Crippen LogP contribution in [0.4, 0.5) is 0 Å². The maximum Gasteiger partial charge on any atom is 0.0463 e. The largest absolute Gasteiger partial charge is 0.140 e. The zero-order valence-corrected chi connectivity index (χ0v) is 58.8. The highest BCUT2D eigenvalue weighted by Crippen LogP contribution is 2.64. The minimum absolute atomic E-state index is 0.0385. The number of fused-ring (bicyclic) bond motifs is 9. The van der Waals surface area contributed by atoms with E-state index in [1.54, 1.807) is 54.3 Å². The van der Waals surface area contributed by atoms with E-state index in [1.807, 2.05) is 11.3 Å². The van der Waals surface area contributed by atoms with Crippen molar-refractivity contribution in [3.8, 4) is 32.0 Å². The Morgan fingerprint density at radius 3 is 1.14 bits per heavy atom. The van der Waals surface area contributed by atoms with Gasteiger partial charge in [-0.25, -0.2) is 0 Å². The molecular weight excluding hydrogens is 1080 g/mol. The Bertz CT molecular complexity index is 3160. The van der Waals surface area contributed by atoms with Crippen molar-refractivity contribution >= 4 is 74.9 Å². The van der Waals surface area contributed by atoms with Crippen LogP contribution in [0, 0.1) is 35.5 Å². The average Bonchev–Trinajstić information content (AvgIpc) is 3.22. The summed E-state index contributed by atoms with van der Waals surface area (Å²) in [6.45, 7) is 39.5. The van der Waals surface area contributed by atoms with Crippen LogP contribution in [0.5, 0.6) is 0 Å². The summed E-state index contributed by atoms with van der Waals surface area (Å²) < 4.78 is 5.95. The Hall–Kier alpha value is -2.76. The van der Waals surface area contributed by atoms with Crippen molar-refractivity contribution in [3.63, 3.8) is 0 Å². The van der Waals surface area contributed by atoms with Gasteiger partial charge in [-0.1, -0.05) is 226 Å². The summed E-state index contributed by atoms with van der Waals surface area (Å²) in [5.41, 5.74) is 13.5. The van der Waals surface area contributed by atoms with E-state index in [-0.39, 0.29) is 21.7 Å². The zero-order chi connectivity index (χ0) is 59.4. The fourth-order valence-electron chi connectivity index (χ4n) is 16.9. The lowest BCUT2D eigenvalue weighted by atomic mass is 9.63. The van der Waals surface area contributed by atoms with Gasteiger partial charge >= 0.3 is 0 Å². The third-order valence-electron chi connectivity index (χ3n) is 23.0. The van der Waals surface area contributed by atoms with Crippen LogP contribution in [0.2, 0.25) is 0 Å². The molecule has 0 N–H and O–H groups in total. The molecule has 0 saturated heterocycles. The van der Waals surface area contributed by atoms with E-state index in [4.69, 9.17) is 0 Å². The van der Waals surface area contributed by atoms with Crippen LogP contribution >= 0.6 is 45.3 Å². The van der Waals surface area contributed by atoms with Gasteiger partial charge in [0, 0.05) is 60.0 Å². The first-order valence-electron chi connectivity index (χ1n) is 34.9. The maximum atomic E-state index is 2.95. The van der Waals surface area contributed by atoms with Gasteiger partial charge in [0.25, 0.3) is 0 Å². The van der Waals surface area contributed by atoms with Gasteiger partial charge in [-0.05, 0) is 196 Å². The summed E-state index contributed by atoms with van der Waals surface area (Å²) in [6.07, 6.45) is 32.0. The number of benzene rings is 3. The fraction of sp³-hybridized carbons (Fsp3) is 0.646. The van der Waals surface area contributed by atoms with Gasteiger partial charge in [0.1, 0.15) is 0 Å². The van der Waals surface area contributed by atoms with Gasteiger partial charge in [-0.2, -0.15) is 0 Å². The molecule has 0 amide bonds. The van der Waals surface area contributed by atoms with E-state index in [1.165, 1.54) is 200 Å². The van der Waals surface area contributed by atoms with Crippen LogP contribution in [0.3, 0.4) is 0 Å². The summed E-state index contributed by atoms with van der Waals surface area (Å²) >= 11 is 8.35. The number of rotatable bonds is 34. The molecular formula is C79H114S4. The van der Waals surface area contributed by atoms with E-state index >= 15 is 0 Å². The van der Waals surface area contributed by atoms with Gasteiger partial charge in [-0.15, -0.1) is 45.3 Å². The van der Waals surface area contributed by atoms with E-state index in [9.17, 15) is 0 Å². The molecule has 2 aliphatic rings. The first-order valence-corrected chi connectivity index (χ1v) is 38.2. The van der Waals surface area contributed by atoms with Crippen LogP contribution in [-0.2, 0) is 21.7 Å². The van der Waals surface area contributed by atoms with Gasteiger partial charge < -0.3 is 0 Å². The highest BCUT2D eigenvalue weighted by molar-refractivity contribution is 7.32. The summed E-state index contributed by atoms with van der Waals surface area (Å²) in [7, 11) is 0. The summed E-state index contributed by atoms with van der Waals surface area (Å²) in [4.78, 5) is 6.12. The van der Waals surface area contributed by atoms with Crippen molar-refractivity contribution in [1.82, 2.24) is 0 Å². The highest BCUT2D eigenvalue weighted by Gasteiger charge is 2.51. The Balaban J connectivity index is 1.33. The molecule has 0 nitrogen and oxygen atoms in total. The Morgan fingerprint density at radius 1 is 0.373 bits per heavy atom. The van der Waals surface area contributed by atoms with Gasteiger partial charge in [0.2, 0.25) is 0 Å². The molecule has 0 aliphatic heterocycles. The molecule has 0 saturated carbocycles. The van der Waals surface area contributed by atoms with E-state index in [0.29, 0.717) is 35.5 Å². The minimum atomic E-state index is -0.0492. The minimum Gasteiger partial charge on any atom is -0.140 e. The number of hydrogen-bond acceptors (Lipinski definition) is 4. The fourth-order valence-corrected chi connectivity index (χ4v) is 22.3. The Kier molecular flexibility index (Phi) is 21.6. The molecule has 0 radical (unpaired) electrons. The van der Waals surface area contributed by atoms with Crippen LogP contribution in [0.25, 0.3) is 61.6 Å². The first kappa shape index (κ1) is 64.7. The second-order valence-electron chi connectivity index (χ2n) is 28.3. The smallest absolute Gasteiger partial charge is 0.0463 e. The summed E-state index contributed by atoms with van der Waals surface area (Å²) in [6, 6.07) is 27.5.